The third kappa shape index (κ3) is 9.62. The first kappa shape index (κ1) is 20.0. The molecule has 1 rings (SSSR count). The maximum atomic E-state index is 9.07. The first-order valence-electron chi connectivity index (χ1n) is 9.15. The average molecular weight is 322 g/mol. The van der Waals surface area contributed by atoms with E-state index in [0.717, 1.165) is 38.0 Å². The summed E-state index contributed by atoms with van der Waals surface area (Å²) in [5.74, 6) is 0.883. The minimum Gasteiger partial charge on any atom is -0.497 e. The van der Waals surface area contributed by atoms with E-state index in [1.807, 2.05) is 12.1 Å². The van der Waals surface area contributed by atoms with Crippen molar-refractivity contribution < 1.29 is 14.6 Å². The Labute approximate surface area is 142 Å². The number of benzene rings is 1. The summed E-state index contributed by atoms with van der Waals surface area (Å²) in [5, 5.41) is 9.07. The molecule has 0 spiro atoms. The van der Waals surface area contributed by atoms with E-state index >= 15 is 0 Å². The minimum atomic E-state index is 0.200. The molecule has 0 saturated carbocycles. The fourth-order valence-electron chi connectivity index (χ4n) is 2.72. The molecule has 0 saturated heterocycles. The number of aliphatic hydroxyl groups is 1. The van der Waals surface area contributed by atoms with Crippen molar-refractivity contribution in [2.45, 2.75) is 70.8 Å². The van der Waals surface area contributed by atoms with Crippen molar-refractivity contribution in [3.05, 3.63) is 29.8 Å². The SMILES string of the molecule is CCCCCCCCOC(CCCO)Cc1ccc(OC)cc1. The van der Waals surface area contributed by atoms with Gasteiger partial charge in [-0.25, -0.2) is 0 Å². The second kappa shape index (κ2) is 13.4. The van der Waals surface area contributed by atoms with Gasteiger partial charge in [0.2, 0.25) is 0 Å². The predicted octanol–water partition coefficient (Wildman–Crippen LogP) is 4.76. The summed E-state index contributed by atoms with van der Waals surface area (Å²) in [4.78, 5) is 0. The number of hydrogen-bond donors (Lipinski definition) is 1. The van der Waals surface area contributed by atoms with Gasteiger partial charge < -0.3 is 14.6 Å². The summed E-state index contributed by atoms with van der Waals surface area (Å²) < 4.78 is 11.3. The van der Waals surface area contributed by atoms with Crippen LogP contribution in [-0.2, 0) is 11.2 Å². The van der Waals surface area contributed by atoms with E-state index in [0.29, 0.717) is 0 Å². The lowest BCUT2D eigenvalue weighted by atomic mass is 10.0. The molecule has 0 aliphatic rings. The summed E-state index contributed by atoms with van der Waals surface area (Å²) in [6.45, 7) is 3.31. The molecule has 0 heterocycles. The van der Waals surface area contributed by atoms with Gasteiger partial charge >= 0.3 is 0 Å². The molecular weight excluding hydrogens is 288 g/mol. The smallest absolute Gasteiger partial charge is 0.118 e. The van der Waals surface area contributed by atoms with Gasteiger partial charge in [-0.15, -0.1) is 0 Å². The van der Waals surface area contributed by atoms with E-state index in [2.05, 4.69) is 19.1 Å². The molecule has 0 bridgehead atoms. The topological polar surface area (TPSA) is 38.7 Å². The monoisotopic (exact) mass is 322 g/mol. The molecule has 0 aromatic heterocycles. The number of aliphatic hydroxyl groups excluding tert-OH is 1. The van der Waals surface area contributed by atoms with Crippen molar-refractivity contribution in [2.75, 3.05) is 20.3 Å². The molecule has 132 valence electrons. The van der Waals surface area contributed by atoms with E-state index in [-0.39, 0.29) is 12.7 Å². The highest BCUT2D eigenvalue weighted by molar-refractivity contribution is 5.27. The van der Waals surface area contributed by atoms with Gasteiger partial charge in [0.05, 0.1) is 13.2 Å². The predicted molar refractivity (Wildman–Crippen MR) is 96.1 cm³/mol. The zero-order valence-electron chi connectivity index (χ0n) is 14.9. The highest BCUT2D eigenvalue weighted by Crippen LogP contribution is 2.16. The Kier molecular flexibility index (Phi) is 11.6. The molecule has 0 amide bonds. The van der Waals surface area contributed by atoms with Crippen molar-refractivity contribution in [3.63, 3.8) is 0 Å². The van der Waals surface area contributed by atoms with Crippen LogP contribution in [0.3, 0.4) is 0 Å². The second-order valence-electron chi connectivity index (χ2n) is 6.18. The Bertz CT molecular complexity index is 375. The molecule has 1 unspecified atom stereocenters. The van der Waals surface area contributed by atoms with Gasteiger partial charge in [0.1, 0.15) is 5.75 Å². The Morgan fingerprint density at radius 2 is 1.65 bits per heavy atom. The number of ether oxygens (including phenoxy) is 2. The van der Waals surface area contributed by atoms with Crippen molar-refractivity contribution >= 4 is 0 Å². The van der Waals surface area contributed by atoms with Crippen LogP contribution >= 0.6 is 0 Å². The van der Waals surface area contributed by atoms with Crippen LogP contribution in [0.4, 0.5) is 0 Å². The van der Waals surface area contributed by atoms with Gasteiger partial charge in [0, 0.05) is 13.2 Å². The van der Waals surface area contributed by atoms with Crippen LogP contribution in [0.5, 0.6) is 5.75 Å². The highest BCUT2D eigenvalue weighted by Gasteiger charge is 2.10. The third-order valence-electron chi connectivity index (χ3n) is 4.16. The van der Waals surface area contributed by atoms with Crippen LogP contribution in [0, 0.1) is 0 Å². The van der Waals surface area contributed by atoms with Gasteiger partial charge in [-0.2, -0.15) is 0 Å². The van der Waals surface area contributed by atoms with Gasteiger partial charge in [-0.3, -0.25) is 0 Å². The van der Waals surface area contributed by atoms with E-state index in [1.54, 1.807) is 7.11 Å². The molecule has 0 fully saturated rings. The fraction of sp³-hybridized carbons (Fsp3) is 0.700. The molecule has 3 heteroatoms. The number of unbranched alkanes of at least 4 members (excludes halogenated alkanes) is 5. The molecule has 0 radical (unpaired) electrons. The zero-order chi connectivity index (χ0) is 16.8. The Balaban J connectivity index is 2.30. The van der Waals surface area contributed by atoms with Gasteiger partial charge in [0.25, 0.3) is 0 Å². The van der Waals surface area contributed by atoms with E-state index in [9.17, 15) is 0 Å². The van der Waals surface area contributed by atoms with Crippen LogP contribution in [0.1, 0.15) is 63.9 Å². The van der Waals surface area contributed by atoms with E-state index < -0.39 is 0 Å². The maximum Gasteiger partial charge on any atom is 0.118 e. The van der Waals surface area contributed by atoms with Gasteiger partial charge in [0.15, 0.2) is 0 Å². The van der Waals surface area contributed by atoms with E-state index in [1.165, 1.54) is 37.7 Å². The Morgan fingerprint density at radius 3 is 2.30 bits per heavy atom. The standard InChI is InChI=1S/C20H34O3/c1-3-4-5-6-7-8-16-23-20(10-9-15-21)17-18-11-13-19(22-2)14-12-18/h11-14,20-21H,3-10,15-17H2,1-2H3. The molecule has 1 atom stereocenters. The zero-order valence-corrected chi connectivity index (χ0v) is 14.9. The Morgan fingerprint density at radius 1 is 0.957 bits per heavy atom. The minimum absolute atomic E-state index is 0.200. The molecular formula is C20H34O3. The Hall–Kier alpha value is -1.06. The average Bonchev–Trinajstić information content (AvgIpc) is 2.59. The molecule has 23 heavy (non-hydrogen) atoms. The summed E-state index contributed by atoms with van der Waals surface area (Å²) in [6.07, 6.45) is 10.5. The van der Waals surface area contributed by atoms with Crippen LogP contribution in [-0.4, -0.2) is 31.5 Å². The molecule has 3 nitrogen and oxygen atoms in total. The number of hydrogen-bond acceptors (Lipinski definition) is 3. The normalized spacial score (nSPS) is 12.3. The van der Waals surface area contributed by atoms with Crippen molar-refractivity contribution in [2.24, 2.45) is 0 Å². The molecule has 1 aromatic rings. The van der Waals surface area contributed by atoms with Crippen LogP contribution in [0.2, 0.25) is 0 Å². The molecule has 0 aliphatic carbocycles. The summed E-state index contributed by atoms with van der Waals surface area (Å²) in [5.41, 5.74) is 1.26. The van der Waals surface area contributed by atoms with Crippen LogP contribution in [0.25, 0.3) is 0 Å². The van der Waals surface area contributed by atoms with Crippen LogP contribution < -0.4 is 4.74 Å². The number of methoxy groups -OCH3 is 1. The number of rotatable bonds is 14. The maximum absolute atomic E-state index is 9.07. The van der Waals surface area contributed by atoms with Gasteiger partial charge in [-0.05, 0) is 43.4 Å². The fourth-order valence-corrected chi connectivity index (χ4v) is 2.72. The van der Waals surface area contributed by atoms with Crippen molar-refractivity contribution in [1.82, 2.24) is 0 Å². The quantitative estimate of drug-likeness (QED) is 0.502. The van der Waals surface area contributed by atoms with Gasteiger partial charge in [-0.1, -0.05) is 51.2 Å². The van der Waals surface area contributed by atoms with Crippen molar-refractivity contribution in [1.29, 1.82) is 0 Å². The highest BCUT2D eigenvalue weighted by atomic mass is 16.5. The van der Waals surface area contributed by atoms with E-state index in [4.69, 9.17) is 14.6 Å². The largest absolute Gasteiger partial charge is 0.497 e. The summed E-state index contributed by atoms with van der Waals surface area (Å²) >= 11 is 0. The lowest BCUT2D eigenvalue weighted by Crippen LogP contribution is -2.17. The first-order chi connectivity index (χ1) is 11.3. The summed E-state index contributed by atoms with van der Waals surface area (Å²) in [7, 11) is 1.68. The first-order valence-corrected chi connectivity index (χ1v) is 9.15. The molecule has 1 aromatic carbocycles. The second-order valence-corrected chi connectivity index (χ2v) is 6.18. The third-order valence-corrected chi connectivity index (χ3v) is 4.16. The van der Waals surface area contributed by atoms with Crippen molar-refractivity contribution in [3.8, 4) is 5.75 Å². The van der Waals surface area contributed by atoms with Crippen LogP contribution in [0.15, 0.2) is 24.3 Å². The molecule has 1 N–H and O–H groups in total. The lowest BCUT2D eigenvalue weighted by molar-refractivity contribution is 0.0406. The molecule has 0 aliphatic heterocycles. The summed E-state index contributed by atoms with van der Waals surface area (Å²) in [6, 6.07) is 8.18. The lowest BCUT2D eigenvalue weighted by Gasteiger charge is -2.18.